The van der Waals surface area contributed by atoms with Crippen LogP contribution < -0.4 is 5.73 Å². The molecule has 0 spiro atoms. The molecule has 0 aliphatic heterocycles. The van der Waals surface area contributed by atoms with Crippen molar-refractivity contribution in [1.29, 1.82) is 0 Å². The lowest BCUT2D eigenvalue weighted by Gasteiger charge is -2.18. The SMILES string of the molecule is CC(C)(C)c1ccc2nc([C@@H](N)CO)cn2c1. The standard InChI is InChI=1S/C13H19N3O/c1-13(2,3)9-4-5-12-15-11(10(14)8-17)7-16(12)6-9/h4-7,10,17H,8,14H2,1-3H3/t10-/m0/s1. The summed E-state index contributed by atoms with van der Waals surface area (Å²) in [5.74, 6) is 0. The molecular formula is C13H19N3O. The Labute approximate surface area is 101 Å². The summed E-state index contributed by atoms with van der Waals surface area (Å²) >= 11 is 0. The van der Waals surface area contributed by atoms with Crippen LogP contribution in [0.25, 0.3) is 5.65 Å². The molecular weight excluding hydrogens is 214 g/mol. The van der Waals surface area contributed by atoms with E-state index in [0.717, 1.165) is 11.3 Å². The molecule has 2 aromatic heterocycles. The van der Waals surface area contributed by atoms with Gasteiger partial charge in [0.15, 0.2) is 0 Å². The number of hydrogen-bond donors (Lipinski definition) is 2. The molecule has 0 radical (unpaired) electrons. The summed E-state index contributed by atoms with van der Waals surface area (Å²) in [6, 6.07) is 3.65. The molecule has 0 aromatic carbocycles. The van der Waals surface area contributed by atoms with Crippen LogP contribution in [0.15, 0.2) is 24.5 Å². The van der Waals surface area contributed by atoms with E-state index in [0.29, 0.717) is 0 Å². The zero-order chi connectivity index (χ0) is 12.6. The fourth-order valence-corrected chi connectivity index (χ4v) is 1.73. The van der Waals surface area contributed by atoms with Crippen LogP contribution in [0.4, 0.5) is 0 Å². The fourth-order valence-electron chi connectivity index (χ4n) is 1.73. The molecule has 1 atom stereocenters. The monoisotopic (exact) mass is 233 g/mol. The maximum Gasteiger partial charge on any atom is 0.137 e. The van der Waals surface area contributed by atoms with Gasteiger partial charge in [0.25, 0.3) is 0 Å². The number of aliphatic hydroxyl groups is 1. The zero-order valence-electron chi connectivity index (χ0n) is 10.5. The molecule has 0 amide bonds. The molecule has 92 valence electrons. The van der Waals surface area contributed by atoms with Gasteiger partial charge in [0.1, 0.15) is 5.65 Å². The van der Waals surface area contributed by atoms with Gasteiger partial charge in [-0.1, -0.05) is 26.8 Å². The second-order valence-corrected chi connectivity index (χ2v) is 5.39. The minimum absolute atomic E-state index is 0.0873. The maximum absolute atomic E-state index is 9.02. The van der Waals surface area contributed by atoms with E-state index in [-0.39, 0.29) is 12.0 Å². The molecule has 0 bridgehead atoms. The number of aliphatic hydroxyl groups excluding tert-OH is 1. The molecule has 0 fully saturated rings. The summed E-state index contributed by atoms with van der Waals surface area (Å²) in [5.41, 5.74) is 8.69. The fraction of sp³-hybridized carbons (Fsp3) is 0.462. The maximum atomic E-state index is 9.02. The van der Waals surface area contributed by atoms with Crippen LogP contribution in [-0.2, 0) is 5.41 Å². The number of aromatic nitrogens is 2. The average Bonchev–Trinajstić information content (AvgIpc) is 2.69. The molecule has 2 rings (SSSR count). The Bertz CT molecular complexity index is 525. The highest BCUT2D eigenvalue weighted by atomic mass is 16.3. The lowest BCUT2D eigenvalue weighted by molar-refractivity contribution is 0.266. The van der Waals surface area contributed by atoms with E-state index < -0.39 is 6.04 Å². The molecule has 4 nitrogen and oxygen atoms in total. The number of fused-ring (bicyclic) bond motifs is 1. The molecule has 3 N–H and O–H groups in total. The normalized spacial score (nSPS) is 14.2. The van der Waals surface area contributed by atoms with Crippen LogP contribution in [-0.4, -0.2) is 21.1 Å². The van der Waals surface area contributed by atoms with Crippen molar-refractivity contribution in [1.82, 2.24) is 9.38 Å². The van der Waals surface area contributed by atoms with Crippen molar-refractivity contribution in [2.75, 3.05) is 6.61 Å². The van der Waals surface area contributed by atoms with Gasteiger partial charge in [-0.05, 0) is 17.0 Å². The number of rotatable bonds is 2. The molecule has 2 aromatic rings. The van der Waals surface area contributed by atoms with Crippen molar-refractivity contribution in [3.63, 3.8) is 0 Å². The van der Waals surface area contributed by atoms with E-state index in [1.807, 2.05) is 16.7 Å². The van der Waals surface area contributed by atoms with Crippen LogP contribution in [0.1, 0.15) is 38.1 Å². The van der Waals surface area contributed by atoms with Crippen molar-refractivity contribution < 1.29 is 5.11 Å². The lowest BCUT2D eigenvalue weighted by Crippen LogP contribution is -2.14. The largest absolute Gasteiger partial charge is 0.394 e. The van der Waals surface area contributed by atoms with Crippen LogP contribution in [0.5, 0.6) is 0 Å². The van der Waals surface area contributed by atoms with E-state index in [9.17, 15) is 0 Å². The number of pyridine rings is 1. The lowest BCUT2D eigenvalue weighted by atomic mass is 9.88. The van der Waals surface area contributed by atoms with Gasteiger partial charge in [0.2, 0.25) is 0 Å². The smallest absolute Gasteiger partial charge is 0.137 e. The predicted octanol–water partition coefficient (Wildman–Crippen LogP) is 1.62. The van der Waals surface area contributed by atoms with Crippen molar-refractivity contribution in [3.8, 4) is 0 Å². The van der Waals surface area contributed by atoms with Gasteiger partial charge in [-0.2, -0.15) is 0 Å². The van der Waals surface area contributed by atoms with Gasteiger partial charge in [-0.15, -0.1) is 0 Å². The second kappa shape index (κ2) is 4.13. The first-order valence-electron chi connectivity index (χ1n) is 5.77. The number of nitrogens with two attached hydrogens (primary N) is 1. The van der Waals surface area contributed by atoms with Crippen LogP contribution in [0.2, 0.25) is 0 Å². The Morgan fingerprint density at radius 1 is 1.35 bits per heavy atom. The third-order valence-electron chi connectivity index (χ3n) is 2.91. The third-order valence-corrected chi connectivity index (χ3v) is 2.91. The molecule has 0 saturated carbocycles. The van der Waals surface area contributed by atoms with Crippen molar-refractivity contribution in [3.05, 3.63) is 35.8 Å². The highest BCUT2D eigenvalue weighted by molar-refractivity contribution is 5.43. The van der Waals surface area contributed by atoms with E-state index >= 15 is 0 Å². The average molecular weight is 233 g/mol. The first-order chi connectivity index (χ1) is 7.91. The van der Waals surface area contributed by atoms with Crippen molar-refractivity contribution in [2.24, 2.45) is 5.73 Å². The Morgan fingerprint density at radius 3 is 2.65 bits per heavy atom. The van der Waals surface area contributed by atoms with Crippen LogP contribution in [0, 0.1) is 0 Å². The summed E-state index contributed by atoms with van der Waals surface area (Å²) in [4.78, 5) is 4.38. The van der Waals surface area contributed by atoms with Gasteiger partial charge in [-0.3, -0.25) is 0 Å². The topological polar surface area (TPSA) is 63.5 Å². The Kier molecular flexibility index (Phi) is 2.93. The zero-order valence-corrected chi connectivity index (χ0v) is 10.5. The Hall–Kier alpha value is -1.39. The molecule has 0 unspecified atom stereocenters. The third kappa shape index (κ3) is 2.33. The Balaban J connectivity index is 2.48. The first kappa shape index (κ1) is 12.1. The number of hydrogen-bond acceptors (Lipinski definition) is 3. The van der Waals surface area contributed by atoms with Gasteiger partial charge in [0.05, 0.1) is 18.3 Å². The van der Waals surface area contributed by atoms with Gasteiger partial charge in [-0.25, -0.2) is 4.98 Å². The van der Waals surface area contributed by atoms with Gasteiger partial charge < -0.3 is 15.2 Å². The summed E-state index contributed by atoms with van der Waals surface area (Å²) in [6.45, 7) is 6.43. The second-order valence-electron chi connectivity index (χ2n) is 5.39. The summed E-state index contributed by atoms with van der Waals surface area (Å²) in [7, 11) is 0. The number of imidazole rings is 1. The van der Waals surface area contributed by atoms with Crippen LogP contribution >= 0.6 is 0 Å². The van der Waals surface area contributed by atoms with Crippen molar-refractivity contribution >= 4 is 5.65 Å². The van der Waals surface area contributed by atoms with E-state index in [1.54, 1.807) is 0 Å². The number of nitrogens with zero attached hydrogens (tertiary/aromatic N) is 2. The van der Waals surface area contributed by atoms with E-state index in [2.05, 4.69) is 38.0 Å². The van der Waals surface area contributed by atoms with Gasteiger partial charge >= 0.3 is 0 Å². The minimum atomic E-state index is -0.409. The van der Waals surface area contributed by atoms with Crippen molar-refractivity contribution in [2.45, 2.75) is 32.2 Å². The summed E-state index contributed by atoms with van der Waals surface area (Å²) < 4.78 is 1.96. The van der Waals surface area contributed by atoms with Gasteiger partial charge in [0, 0.05) is 12.4 Å². The molecule has 0 saturated heterocycles. The van der Waals surface area contributed by atoms with E-state index in [1.165, 1.54) is 5.56 Å². The Morgan fingerprint density at radius 2 is 2.06 bits per heavy atom. The quantitative estimate of drug-likeness (QED) is 0.828. The molecule has 0 aliphatic rings. The molecule has 4 heteroatoms. The first-order valence-corrected chi connectivity index (χ1v) is 5.77. The molecule has 2 heterocycles. The highest BCUT2D eigenvalue weighted by Crippen LogP contribution is 2.23. The van der Waals surface area contributed by atoms with E-state index in [4.69, 9.17) is 10.8 Å². The highest BCUT2D eigenvalue weighted by Gasteiger charge is 2.15. The van der Waals surface area contributed by atoms with Crippen LogP contribution in [0.3, 0.4) is 0 Å². The minimum Gasteiger partial charge on any atom is -0.394 e. The predicted molar refractivity (Wildman–Crippen MR) is 67.9 cm³/mol. The molecule has 17 heavy (non-hydrogen) atoms. The summed E-state index contributed by atoms with van der Waals surface area (Å²) in [5, 5.41) is 9.02. The molecule has 0 aliphatic carbocycles. The summed E-state index contributed by atoms with van der Waals surface area (Å²) in [6.07, 6.45) is 3.95.